The number of para-hydroxylation sites is 1. The second-order valence-corrected chi connectivity index (χ2v) is 4.53. The zero-order chi connectivity index (χ0) is 15.4. The fourth-order valence-corrected chi connectivity index (χ4v) is 2.03. The lowest BCUT2D eigenvalue weighted by molar-refractivity contribution is 0.739. The number of hydrogen-bond donors (Lipinski definition) is 1. The van der Waals surface area contributed by atoms with Crippen LogP contribution in [0.3, 0.4) is 0 Å². The molecule has 0 saturated heterocycles. The number of hydrazine groups is 1. The summed E-state index contributed by atoms with van der Waals surface area (Å²) in [4.78, 5) is 20.6. The fraction of sp³-hybridized carbons (Fsp3) is 0.267. The summed E-state index contributed by atoms with van der Waals surface area (Å²) in [5.74, 6) is 8.85. The highest BCUT2D eigenvalue weighted by Crippen LogP contribution is 2.14. The van der Waals surface area contributed by atoms with Gasteiger partial charge in [-0.25, -0.2) is 15.2 Å². The maximum absolute atomic E-state index is 12.4. The summed E-state index contributed by atoms with van der Waals surface area (Å²) in [6.07, 6.45) is 5.78. The molecule has 0 radical (unpaired) electrons. The van der Waals surface area contributed by atoms with E-state index in [1.54, 1.807) is 0 Å². The van der Waals surface area contributed by atoms with E-state index in [2.05, 4.69) is 15.9 Å². The number of hydrogen-bond acceptors (Lipinski definition) is 5. The molecule has 0 bridgehead atoms. The predicted molar refractivity (Wildman–Crippen MR) is 82.1 cm³/mol. The van der Waals surface area contributed by atoms with Crippen molar-refractivity contribution in [3.05, 3.63) is 46.1 Å². The van der Waals surface area contributed by atoms with Gasteiger partial charge in [-0.2, -0.15) is 9.97 Å². The number of rotatable bonds is 4. The number of nitrogens with two attached hydrogens (primary N) is 1. The third-order valence-electron chi connectivity index (χ3n) is 3.07. The van der Waals surface area contributed by atoms with Crippen molar-refractivity contribution < 1.29 is 0 Å². The summed E-state index contributed by atoms with van der Waals surface area (Å²) in [6.45, 7) is 3.99. The molecular formula is C15H17N5O. The van der Waals surface area contributed by atoms with Crippen LogP contribution in [0.4, 0.5) is 5.95 Å². The van der Waals surface area contributed by atoms with E-state index in [0.717, 1.165) is 11.3 Å². The number of aryl methyl sites for hydroxylation is 2. The molecule has 2 N–H and O–H groups in total. The summed E-state index contributed by atoms with van der Waals surface area (Å²) < 4.78 is 1.50. The maximum Gasteiger partial charge on any atom is 0.356 e. The number of aromatic nitrogens is 3. The van der Waals surface area contributed by atoms with Crippen molar-refractivity contribution in [3.63, 3.8) is 0 Å². The molecule has 6 nitrogen and oxygen atoms in total. The first-order valence-corrected chi connectivity index (χ1v) is 6.60. The Balaban J connectivity index is 2.62. The third-order valence-corrected chi connectivity index (χ3v) is 3.07. The second kappa shape index (κ2) is 6.20. The van der Waals surface area contributed by atoms with Gasteiger partial charge in [0.25, 0.3) is 0 Å². The highest BCUT2D eigenvalue weighted by molar-refractivity contribution is 5.41. The molecule has 6 heteroatoms. The van der Waals surface area contributed by atoms with Gasteiger partial charge in [-0.15, -0.1) is 6.42 Å². The van der Waals surface area contributed by atoms with Gasteiger partial charge < -0.3 is 0 Å². The van der Waals surface area contributed by atoms with Crippen molar-refractivity contribution >= 4 is 5.95 Å². The molecule has 0 aliphatic heterocycles. The van der Waals surface area contributed by atoms with Crippen LogP contribution in [0.2, 0.25) is 0 Å². The molecule has 1 heterocycles. The highest BCUT2D eigenvalue weighted by atomic mass is 16.1. The van der Waals surface area contributed by atoms with Gasteiger partial charge in [0, 0.05) is 6.42 Å². The standard InChI is InChI=1S/C15H17N5O/c1-4-10-19(16)14-17-13(5-2)20(15(21)18-14)12-9-7-6-8-11(12)3/h1,6-9H,5,10,16H2,2-3H3. The van der Waals surface area contributed by atoms with Crippen LogP contribution in [-0.2, 0) is 6.42 Å². The van der Waals surface area contributed by atoms with Crippen LogP contribution >= 0.6 is 0 Å². The van der Waals surface area contributed by atoms with Gasteiger partial charge >= 0.3 is 5.69 Å². The quantitative estimate of drug-likeness (QED) is 0.510. The number of anilines is 1. The van der Waals surface area contributed by atoms with Crippen LogP contribution in [0.5, 0.6) is 0 Å². The highest BCUT2D eigenvalue weighted by Gasteiger charge is 2.14. The normalized spacial score (nSPS) is 10.2. The van der Waals surface area contributed by atoms with Gasteiger partial charge in [0.15, 0.2) is 0 Å². The lowest BCUT2D eigenvalue weighted by atomic mass is 10.2. The Hall–Kier alpha value is -2.65. The van der Waals surface area contributed by atoms with E-state index in [0.29, 0.717) is 12.2 Å². The fourth-order valence-electron chi connectivity index (χ4n) is 2.03. The van der Waals surface area contributed by atoms with E-state index in [-0.39, 0.29) is 12.5 Å². The van der Waals surface area contributed by atoms with Crippen LogP contribution in [0.25, 0.3) is 5.69 Å². The molecule has 0 aliphatic carbocycles. The summed E-state index contributed by atoms with van der Waals surface area (Å²) in [6, 6.07) is 7.58. The second-order valence-electron chi connectivity index (χ2n) is 4.53. The third kappa shape index (κ3) is 2.93. The van der Waals surface area contributed by atoms with Crippen molar-refractivity contribution in [3.8, 4) is 18.0 Å². The average Bonchev–Trinajstić information content (AvgIpc) is 2.47. The zero-order valence-corrected chi connectivity index (χ0v) is 12.1. The summed E-state index contributed by atoms with van der Waals surface area (Å²) in [5, 5.41) is 1.18. The van der Waals surface area contributed by atoms with E-state index in [1.807, 2.05) is 38.1 Å². The zero-order valence-electron chi connectivity index (χ0n) is 12.1. The van der Waals surface area contributed by atoms with E-state index in [1.165, 1.54) is 9.58 Å². The summed E-state index contributed by atoms with van der Waals surface area (Å²) >= 11 is 0. The van der Waals surface area contributed by atoms with Crippen LogP contribution in [0, 0.1) is 19.3 Å². The molecule has 2 aromatic rings. The van der Waals surface area contributed by atoms with Crippen molar-refractivity contribution in [2.45, 2.75) is 20.3 Å². The SMILES string of the molecule is C#CCN(N)c1nc(CC)n(-c2ccccc2C)c(=O)n1. The summed E-state index contributed by atoms with van der Waals surface area (Å²) in [5.41, 5.74) is 1.32. The molecule has 108 valence electrons. The van der Waals surface area contributed by atoms with Crippen LogP contribution < -0.4 is 16.5 Å². The minimum Gasteiger partial charge on any atom is -0.266 e. The van der Waals surface area contributed by atoms with E-state index in [4.69, 9.17) is 12.3 Å². The van der Waals surface area contributed by atoms with Gasteiger partial charge in [-0.3, -0.25) is 5.01 Å². The van der Waals surface area contributed by atoms with Crippen molar-refractivity contribution in [2.24, 2.45) is 5.84 Å². The molecule has 1 aromatic heterocycles. The molecule has 0 amide bonds. The Morgan fingerprint density at radius 1 is 1.38 bits per heavy atom. The Kier molecular flexibility index (Phi) is 4.36. The van der Waals surface area contributed by atoms with Crippen LogP contribution in [0.15, 0.2) is 29.1 Å². The van der Waals surface area contributed by atoms with E-state index >= 15 is 0 Å². The first-order chi connectivity index (χ1) is 10.1. The monoisotopic (exact) mass is 283 g/mol. The maximum atomic E-state index is 12.4. The van der Waals surface area contributed by atoms with Gasteiger partial charge in [0.05, 0.1) is 12.2 Å². The first-order valence-electron chi connectivity index (χ1n) is 6.60. The van der Waals surface area contributed by atoms with Crippen molar-refractivity contribution in [1.82, 2.24) is 14.5 Å². The molecule has 0 unspecified atom stereocenters. The average molecular weight is 283 g/mol. The Morgan fingerprint density at radius 3 is 2.71 bits per heavy atom. The molecule has 0 saturated carbocycles. The van der Waals surface area contributed by atoms with Crippen LogP contribution in [-0.4, -0.2) is 21.1 Å². The number of terminal acetylenes is 1. The van der Waals surface area contributed by atoms with E-state index < -0.39 is 5.69 Å². The lowest BCUT2D eigenvalue weighted by Gasteiger charge is -2.17. The Labute approximate surface area is 123 Å². The van der Waals surface area contributed by atoms with Crippen LogP contribution in [0.1, 0.15) is 18.3 Å². The molecule has 0 fully saturated rings. The topological polar surface area (TPSA) is 77.0 Å². The van der Waals surface area contributed by atoms with Gasteiger partial charge in [-0.05, 0) is 18.6 Å². The molecule has 1 aromatic carbocycles. The molecule has 0 atom stereocenters. The van der Waals surface area contributed by atoms with Gasteiger partial charge in [0.1, 0.15) is 5.82 Å². The predicted octanol–water partition coefficient (Wildman–Crippen LogP) is 0.812. The minimum absolute atomic E-state index is 0.136. The minimum atomic E-state index is -0.418. The van der Waals surface area contributed by atoms with Crippen molar-refractivity contribution in [2.75, 3.05) is 11.6 Å². The molecular weight excluding hydrogens is 266 g/mol. The van der Waals surface area contributed by atoms with Crippen molar-refractivity contribution in [1.29, 1.82) is 0 Å². The first kappa shape index (κ1) is 14.8. The summed E-state index contributed by atoms with van der Waals surface area (Å²) in [7, 11) is 0. The lowest BCUT2D eigenvalue weighted by Crippen LogP contribution is -2.37. The Bertz CT molecular complexity index is 744. The molecule has 2 rings (SSSR count). The van der Waals surface area contributed by atoms with E-state index in [9.17, 15) is 4.79 Å². The largest absolute Gasteiger partial charge is 0.356 e. The smallest absolute Gasteiger partial charge is 0.266 e. The Morgan fingerprint density at radius 2 is 2.10 bits per heavy atom. The number of benzene rings is 1. The van der Waals surface area contributed by atoms with Gasteiger partial charge in [-0.1, -0.05) is 31.0 Å². The molecule has 0 spiro atoms. The number of nitrogens with zero attached hydrogens (tertiary/aromatic N) is 4. The van der Waals surface area contributed by atoms with Gasteiger partial charge in [0.2, 0.25) is 5.95 Å². The molecule has 0 aliphatic rings. The molecule has 21 heavy (non-hydrogen) atoms.